The number of anilines is 2. The molecular formula is C19H19BrFN3O2. The number of carbonyl (C=O) groups is 2. The highest BCUT2D eigenvalue weighted by Gasteiger charge is 2.31. The molecule has 1 fully saturated rings. The van der Waals surface area contributed by atoms with Crippen molar-refractivity contribution >= 4 is 39.2 Å². The number of hydrogen-bond donors (Lipinski definition) is 2. The van der Waals surface area contributed by atoms with Crippen molar-refractivity contribution in [3.05, 3.63) is 57.8 Å². The molecule has 26 heavy (non-hydrogen) atoms. The van der Waals surface area contributed by atoms with E-state index in [0.717, 1.165) is 16.8 Å². The Kier molecular flexibility index (Phi) is 5.27. The highest BCUT2D eigenvalue weighted by molar-refractivity contribution is 9.10. The lowest BCUT2D eigenvalue weighted by atomic mass is 10.1. The van der Waals surface area contributed by atoms with Crippen LogP contribution in [0, 0.1) is 19.7 Å². The summed E-state index contributed by atoms with van der Waals surface area (Å²) < 4.78 is 14.4. The fourth-order valence-electron chi connectivity index (χ4n) is 2.88. The number of nitrogens with zero attached hydrogens (tertiary/aromatic N) is 1. The van der Waals surface area contributed by atoms with Crippen LogP contribution in [-0.4, -0.2) is 24.5 Å². The lowest BCUT2D eigenvalue weighted by molar-refractivity contribution is -0.117. The second kappa shape index (κ2) is 7.45. The molecule has 1 unspecified atom stereocenters. The van der Waals surface area contributed by atoms with E-state index in [4.69, 9.17) is 0 Å². The monoisotopic (exact) mass is 419 g/mol. The molecule has 2 N–H and O–H groups in total. The van der Waals surface area contributed by atoms with Crippen molar-refractivity contribution in [2.24, 2.45) is 0 Å². The lowest BCUT2D eigenvalue weighted by Crippen LogP contribution is -2.39. The third-order valence-corrected chi connectivity index (χ3v) is 4.94. The molecule has 5 nitrogen and oxygen atoms in total. The highest BCUT2D eigenvalue weighted by atomic mass is 79.9. The second-order valence-corrected chi connectivity index (χ2v) is 7.31. The van der Waals surface area contributed by atoms with Crippen LogP contribution in [-0.2, 0) is 4.79 Å². The largest absolute Gasteiger partial charge is 0.333 e. The molecule has 0 saturated carbocycles. The van der Waals surface area contributed by atoms with Crippen LogP contribution in [0.5, 0.6) is 0 Å². The highest BCUT2D eigenvalue weighted by Crippen LogP contribution is 2.24. The number of carbonyl (C=O) groups excluding carboxylic acids is 2. The van der Waals surface area contributed by atoms with Crippen molar-refractivity contribution < 1.29 is 14.0 Å². The minimum Gasteiger partial charge on any atom is -0.333 e. The Bertz CT molecular complexity index is 872. The number of amides is 3. The van der Waals surface area contributed by atoms with Gasteiger partial charge in [-0.15, -0.1) is 0 Å². The first kappa shape index (κ1) is 18.4. The quantitative estimate of drug-likeness (QED) is 0.785. The zero-order valence-corrected chi connectivity index (χ0v) is 16.1. The number of aryl methyl sites for hydroxylation is 2. The Morgan fingerprint density at radius 2 is 1.96 bits per heavy atom. The molecule has 0 bridgehead atoms. The Hall–Kier alpha value is -2.41. The summed E-state index contributed by atoms with van der Waals surface area (Å²) in [5, 5.41) is 5.21. The van der Waals surface area contributed by atoms with Gasteiger partial charge in [-0.25, -0.2) is 9.18 Å². The first-order valence-corrected chi connectivity index (χ1v) is 9.03. The van der Waals surface area contributed by atoms with E-state index >= 15 is 0 Å². The van der Waals surface area contributed by atoms with Gasteiger partial charge in [0, 0.05) is 23.1 Å². The molecule has 1 aliphatic rings. The maximum absolute atomic E-state index is 13.8. The van der Waals surface area contributed by atoms with E-state index in [9.17, 15) is 14.0 Å². The number of nitrogens with one attached hydrogen (secondary N) is 2. The molecular weight excluding hydrogens is 401 g/mol. The maximum Gasteiger partial charge on any atom is 0.319 e. The molecule has 3 rings (SSSR count). The number of halogens is 2. The molecule has 2 aromatic rings. The average molecular weight is 420 g/mol. The predicted octanol–water partition coefficient (Wildman–Crippen LogP) is 4.13. The van der Waals surface area contributed by atoms with Gasteiger partial charge in [0.05, 0.1) is 11.7 Å². The fraction of sp³-hybridized carbons (Fsp3) is 0.263. The molecule has 0 aromatic heterocycles. The van der Waals surface area contributed by atoms with Crippen LogP contribution in [0.15, 0.2) is 40.9 Å². The molecule has 1 atom stereocenters. The number of rotatable bonds is 3. The number of hydrogen-bond acceptors (Lipinski definition) is 2. The molecule has 2 aromatic carbocycles. The van der Waals surface area contributed by atoms with E-state index < -0.39 is 11.8 Å². The van der Waals surface area contributed by atoms with Gasteiger partial charge in [-0.1, -0.05) is 22.0 Å². The van der Waals surface area contributed by atoms with Crippen LogP contribution in [0.4, 0.5) is 20.6 Å². The summed E-state index contributed by atoms with van der Waals surface area (Å²) in [6, 6.07) is 9.36. The van der Waals surface area contributed by atoms with Crippen molar-refractivity contribution in [1.82, 2.24) is 5.32 Å². The fourth-order valence-corrected chi connectivity index (χ4v) is 3.22. The molecule has 0 aliphatic carbocycles. The molecule has 0 radical (unpaired) electrons. The average Bonchev–Trinajstić information content (AvgIpc) is 2.93. The predicted molar refractivity (Wildman–Crippen MR) is 103 cm³/mol. The Labute approximate surface area is 159 Å². The molecule has 0 spiro atoms. The zero-order chi connectivity index (χ0) is 18.8. The number of urea groups is 1. The SMILES string of the molecule is Cc1ccc(N2CC(NC(=O)Nc3ccc(Br)cc3F)CC2=O)cc1C. The number of benzene rings is 2. The van der Waals surface area contributed by atoms with Crippen molar-refractivity contribution in [3.8, 4) is 0 Å². The Morgan fingerprint density at radius 3 is 2.65 bits per heavy atom. The molecule has 1 aliphatic heterocycles. The summed E-state index contributed by atoms with van der Waals surface area (Å²) in [6.45, 7) is 4.40. The molecule has 136 valence electrons. The van der Waals surface area contributed by atoms with Gasteiger partial charge < -0.3 is 15.5 Å². The zero-order valence-electron chi connectivity index (χ0n) is 14.5. The van der Waals surface area contributed by atoms with Gasteiger partial charge in [0.2, 0.25) is 5.91 Å². The van der Waals surface area contributed by atoms with Gasteiger partial charge in [-0.05, 0) is 55.3 Å². The standard InChI is InChI=1S/C19H19BrFN3O2/c1-11-3-5-15(7-12(11)2)24-10-14(9-18(24)25)22-19(26)23-17-6-4-13(20)8-16(17)21/h3-8,14H,9-10H2,1-2H3,(H2,22,23,26). The topological polar surface area (TPSA) is 61.4 Å². The van der Waals surface area contributed by atoms with Crippen molar-refractivity contribution in [3.63, 3.8) is 0 Å². The molecule has 1 saturated heterocycles. The molecule has 1 heterocycles. The van der Waals surface area contributed by atoms with Crippen molar-refractivity contribution in [2.45, 2.75) is 26.3 Å². The van der Waals surface area contributed by atoms with Crippen molar-refractivity contribution in [1.29, 1.82) is 0 Å². The molecule has 7 heteroatoms. The van der Waals surface area contributed by atoms with E-state index in [0.29, 0.717) is 11.0 Å². The maximum atomic E-state index is 13.8. The summed E-state index contributed by atoms with van der Waals surface area (Å²) in [7, 11) is 0. The first-order valence-electron chi connectivity index (χ1n) is 8.23. The summed E-state index contributed by atoms with van der Waals surface area (Å²) in [4.78, 5) is 26.1. The van der Waals surface area contributed by atoms with E-state index in [1.54, 1.807) is 11.0 Å². The third-order valence-electron chi connectivity index (χ3n) is 4.44. The van der Waals surface area contributed by atoms with Crippen LogP contribution in [0.3, 0.4) is 0 Å². The van der Waals surface area contributed by atoms with E-state index in [1.165, 1.54) is 12.1 Å². The minimum absolute atomic E-state index is 0.0478. The van der Waals surface area contributed by atoms with Gasteiger partial charge >= 0.3 is 6.03 Å². The van der Waals surface area contributed by atoms with Gasteiger partial charge in [-0.2, -0.15) is 0 Å². The first-order chi connectivity index (χ1) is 12.3. The smallest absolute Gasteiger partial charge is 0.319 e. The second-order valence-electron chi connectivity index (χ2n) is 6.40. The van der Waals surface area contributed by atoms with Crippen LogP contribution in [0.1, 0.15) is 17.5 Å². The van der Waals surface area contributed by atoms with Gasteiger partial charge in [-0.3, -0.25) is 4.79 Å². The van der Waals surface area contributed by atoms with Gasteiger partial charge in [0.25, 0.3) is 0 Å². The summed E-state index contributed by atoms with van der Waals surface area (Å²) in [5.41, 5.74) is 3.17. The van der Waals surface area contributed by atoms with E-state index in [-0.39, 0.29) is 24.1 Å². The van der Waals surface area contributed by atoms with Crippen LogP contribution >= 0.6 is 15.9 Å². The minimum atomic E-state index is -0.536. The van der Waals surface area contributed by atoms with Crippen molar-refractivity contribution in [2.75, 3.05) is 16.8 Å². The third kappa shape index (κ3) is 4.04. The Morgan fingerprint density at radius 1 is 1.19 bits per heavy atom. The Balaban J connectivity index is 1.63. The van der Waals surface area contributed by atoms with E-state index in [2.05, 4.69) is 26.6 Å². The summed E-state index contributed by atoms with van der Waals surface area (Å²) in [5.74, 6) is -0.581. The van der Waals surface area contributed by atoms with Gasteiger partial charge in [0.1, 0.15) is 5.82 Å². The van der Waals surface area contributed by atoms with Crippen LogP contribution in [0.2, 0.25) is 0 Å². The van der Waals surface area contributed by atoms with Gasteiger partial charge in [0.15, 0.2) is 0 Å². The van der Waals surface area contributed by atoms with Crippen LogP contribution < -0.4 is 15.5 Å². The van der Waals surface area contributed by atoms with E-state index in [1.807, 2.05) is 32.0 Å². The summed E-state index contributed by atoms with van der Waals surface area (Å²) >= 11 is 3.17. The molecule has 3 amide bonds. The lowest BCUT2D eigenvalue weighted by Gasteiger charge is -2.18. The normalized spacial score (nSPS) is 16.7. The summed E-state index contributed by atoms with van der Waals surface area (Å²) in [6.07, 6.45) is 0.211. The van der Waals surface area contributed by atoms with Crippen LogP contribution in [0.25, 0.3) is 0 Å².